The number of hydrogen-bond acceptors (Lipinski definition) is 2. The molecule has 15 heavy (non-hydrogen) atoms. The Labute approximate surface area is 95.4 Å². The van der Waals surface area contributed by atoms with Gasteiger partial charge in [-0.15, -0.1) is 0 Å². The Bertz CT molecular complexity index is 141. The second kappa shape index (κ2) is 8.12. The summed E-state index contributed by atoms with van der Waals surface area (Å²) in [5.74, 6) is 0. The average Bonchev–Trinajstić information content (AvgIpc) is 2.75. The van der Waals surface area contributed by atoms with Gasteiger partial charge in [0.05, 0.1) is 0 Å². The van der Waals surface area contributed by atoms with E-state index >= 15 is 0 Å². The van der Waals surface area contributed by atoms with Gasteiger partial charge in [0.25, 0.3) is 0 Å². The fraction of sp³-hybridized carbons (Fsp3) is 1.00. The van der Waals surface area contributed by atoms with Crippen LogP contribution in [0.4, 0.5) is 0 Å². The maximum Gasteiger partial charge on any atom is 0.00643 e. The first-order valence-corrected chi connectivity index (χ1v) is 6.82. The van der Waals surface area contributed by atoms with Crippen molar-refractivity contribution in [2.24, 2.45) is 0 Å². The SMILES string of the molecule is CCCC(CC)NCCCN1CCCC1. The van der Waals surface area contributed by atoms with E-state index in [-0.39, 0.29) is 0 Å². The largest absolute Gasteiger partial charge is 0.314 e. The van der Waals surface area contributed by atoms with Gasteiger partial charge in [0.15, 0.2) is 0 Å². The Kier molecular flexibility index (Phi) is 7.03. The van der Waals surface area contributed by atoms with Gasteiger partial charge >= 0.3 is 0 Å². The second-order valence-electron chi connectivity index (χ2n) is 4.75. The van der Waals surface area contributed by atoms with Gasteiger partial charge in [-0.05, 0) is 58.3 Å². The van der Waals surface area contributed by atoms with Crippen molar-refractivity contribution in [3.63, 3.8) is 0 Å². The lowest BCUT2D eigenvalue weighted by Crippen LogP contribution is -2.31. The standard InChI is InChI=1S/C13H28N2/c1-3-8-13(4-2)14-9-7-12-15-10-5-6-11-15/h13-14H,3-12H2,1-2H3. The molecular weight excluding hydrogens is 184 g/mol. The zero-order chi connectivity index (χ0) is 10.9. The van der Waals surface area contributed by atoms with Gasteiger partial charge in [-0.3, -0.25) is 0 Å². The molecule has 0 aliphatic carbocycles. The van der Waals surface area contributed by atoms with E-state index in [4.69, 9.17) is 0 Å². The first-order valence-electron chi connectivity index (χ1n) is 6.82. The highest BCUT2D eigenvalue weighted by Crippen LogP contribution is 2.07. The fourth-order valence-corrected chi connectivity index (χ4v) is 2.41. The van der Waals surface area contributed by atoms with Gasteiger partial charge < -0.3 is 10.2 Å². The van der Waals surface area contributed by atoms with Gasteiger partial charge in [0, 0.05) is 6.04 Å². The summed E-state index contributed by atoms with van der Waals surface area (Å²) in [5, 5.41) is 3.67. The van der Waals surface area contributed by atoms with Gasteiger partial charge in [-0.25, -0.2) is 0 Å². The van der Waals surface area contributed by atoms with Crippen molar-refractivity contribution in [2.45, 2.75) is 58.4 Å². The minimum Gasteiger partial charge on any atom is -0.314 e. The average molecular weight is 212 g/mol. The lowest BCUT2D eigenvalue weighted by molar-refractivity contribution is 0.325. The Morgan fingerprint density at radius 1 is 1.20 bits per heavy atom. The van der Waals surface area contributed by atoms with Crippen molar-refractivity contribution in [3.05, 3.63) is 0 Å². The molecular formula is C13H28N2. The van der Waals surface area contributed by atoms with Gasteiger partial charge in [-0.1, -0.05) is 20.3 Å². The normalized spacial score (nSPS) is 19.6. The summed E-state index contributed by atoms with van der Waals surface area (Å²) < 4.78 is 0. The molecule has 0 aromatic heterocycles. The molecule has 90 valence electrons. The van der Waals surface area contributed by atoms with Gasteiger partial charge in [0.2, 0.25) is 0 Å². The zero-order valence-electron chi connectivity index (χ0n) is 10.6. The summed E-state index contributed by atoms with van der Waals surface area (Å²) in [6.45, 7) is 9.74. The highest BCUT2D eigenvalue weighted by atomic mass is 15.1. The Balaban J connectivity index is 1.94. The summed E-state index contributed by atoms with van der Waals surface area (Å²) in [6, 6.07) is 0.758. The Morgan fingerprint density at radius 2 is 1.93 bits per heavy atom. The van der Waals surface area contributed by atoms with Crippen LogP contribution in [0.5, 0.6) is 0 Å². The van der Waals surface area contributed by atoms with Crippen molar-refractivity contribution in [3.8, 4) is 0 Å². The number of nitrogens with zero attached hydrogens (tertiary/aromatic N) is 1. The molecule has 1 aliphatic rings. The predicted molar refractivity (Wildman–Crippen MR) is 67.3 cm³/mol. The van der Waals surface area contributed by atoms with E-state index in [1.54, 1.807) is 0 Å². The van der Waals surface area contributed by atoms with Crippen LogP contribution in [0.25, 0.3) is 0 Å². The van der Waals surface area contributed by atoms with E-state index in [1.165, 1.54) is 64.7 Å². The second-order valence-corrected chi connectivity index (χ2v) is 4.75. The Morgan fingerprint density at radius 3 is 2.53 bits per heavy atom. The minimum atomic E-state index is 0.758. The highest BCUT2D eigenvalue weighted by molar-refractivity contribution is 4.68. The molecule has 0 radical (unpaired) electrons. The van der Waals surface area contributed by atoms with Crippen LogP contribution in [0.15, 0.2) is 0 Å². The Hall–Kier alpha value is -0.0800. The van der Waals surface area contributed by atoms with Crippen LogP contribution in [0.2, 0.25) is 0 Å². The van der Waals surface area contributed by atoms with Crippen molar-refractivity contribution in [2.75, 3.05) is 26.2 Å². The molecule has 0 bridgehead atoms. The van der Waals surface area contributed by atoms with Crippen LogP contribution in [0, 0.1) is 0 Å². The molecule has 1 N–H and O–H groups in total. The fourth-order valence-electron chi connectivity index (χ4n) is 2.41. The summed E-state index contributed by atoms with van der Waals surface area (Å²) in [5.41, 5.74) is 0. The predicted octanol–water partition coefficient (Wildman–Crippen LogP) is 2.64. The number of hydrogen-bond donors (Lipinski definition) is 1. The summed E-state index contributed by atoms with van der Waals surface area (Å²) in [7, 11) is 0. The van der Waals surface area contributed by atoms with Gasteiger partial charge in [-0.2, -0.15) is 0 Å². The number of likely N-dealkylation sites (tertiary alicyclic amines) is 1. The molecule has 0 aromatic rings. The van der Waals surface area contributed by atoms with E-state index in [1.807, 2.05) is 0 Å². The van der Waals surface area contributed by atoms with E-state index < -0.39 is 0 Å². The third-order valence-electron chi connectivity index (χ3n) is 3.41. The summed E-state index contributed by atoms with van der Waals surface area (Å²) in [4.78, 5) is 2.60. The van der Waals surface area contributed by atoms with Crippen molar-refractivity contribution >= 4 is 0 Å². The summed E-state index contributed by atoms with van der Waals surface area (Å²) in [6.07, 6.45) is 8.07. The van der Waals surface area contributed by atoms with E-state index in [2.05, 4.69) is 24.1 Å². The summed E-state index contributed by atoms with van der Waals surface area (Å²) >= 11 is 0. The smallest absolute Gasteiger partial charge is 0.00643 e. The first kappa shape index (κ1) is 13.0. The van der Waals surface area contributed by atoms with Crippen molar-refractivity contribution < 1.29 is 0 Å². The van der Waals surface area contributed by atoms with Crippen molar-refractivity contribution in [1.82, 2.24) is 10.2 Å². The topological polar surface area (TPSA) is 15.3 Å². The molecule has 0 amide bonds. The molecule has 1 fully saturated rings. The number of rotatable bonds is 8. The van der Waals surface area contributed by atoms with Crippen LogP contribution in [0.3, 0.4) is 0 Å². The molecule has 2 heteroatoms. The van der Waals surface area contributed by atoms with Gasteiger partial charge in [0.1, 0.15) is 0 Å². The molecule has 1 atom stereocenters. The lowest BCUT2D eigenvalue weighted by Gasteiger charge is -2.18. The van der Waals surface area contributed by atoms with Crippen LogP contribution in [0.1, 0.15) is 52.4 Å². The van der Waals surface area contributed by atoms with E-state index in [0.29, 0.717) is 0 Å². The molecule has 1 aliphatic heterocycles. The van der Waals surface area contributed by atoms with Crippen LogP contribution < -0.4 is 5.32 Å². The van der Waals surface area contributed by atoms with Crippen LogP contribution in [-0.2, 0) is 0 Å². The molecule has 1 unspecified atom stereocenters. The van der Waals surface area contributed by atoms with Crippen LogP contribution >= 0.6 is 0 Å². The molecule has 0 spiro atoms. The molecule has 0 saturated carbocycles. The third kappa shape index (κ3) is 5.53. The maximum atomic E-state index is 3.67. The molecule has 1 saturated heterocycles. The maximum absolute atomic E-state index is 3.67. The minimum absolute atomic E-state index is 0.758. The van der Waals surface area contributed by atoms with E-state index in [9.17, 15) is 0 Å². The zero-order valence-corrected chi connectivity index (χ0v) is 10.6. The molecule has 1 rings (SSSR count). The molecule has 0 aromatic carbocycles. The number of nitrogens with one attached hydrogen (secondary N) is 1. The highest BCUT2D eigenvalue weighted by Gasteiger charge is 2.10. The van der Waals surface area contributed by atoms with Crippen LogP contribution in [-0.4, -0.2) is 37.1 Å². The first-order chi connectivity index (χ1) is 7.36. The van der Waals surface area contributed by atoms with Crippen molar-refractivity contribution in [1.29, 1.82) is 0 Å². The van der Waals surface area contributed by atoms with E-state index in [0.717, 1.165) is 6.04 Å². The third-order valence-corrected chi connectivity index (χ3v) is 3.41. The molecule has 1 heterocycles. The quantitative estimate of drug-likeness (QED) is 0.622. The molecule has 2 nitrogen and oxygen atoms in total. The lowest BCUT2D eigenvalue weighted by atomic mass is 10.1. The monoisotopic (exact) mass is 212 g/mol.